The molecule has 0 aromatic heterocycles. The van der Waals surface area contributed by atoms with E-state index < -0.39 is 5.60 Å². The Kier molecular flexibility index (Phi) is 3.69. The van der Waals surface area contributed by atoms with Crippen LogP contribution < -0.4 is 5.73 Å². The number of carbonyl (C=O) groups excluding carboxylic acids is 1. The van der Waals surface area contributed by atoms with Crippen molar-refractivity contribution < 1.29 is 9.53 Å². The number of rotatable bonds is 1. The third-order valence-electron chi connectivity index (χ3n) is 3.25. The molecule has 19 heavy (non-hydrogen) atoms. The molecule has 1 saturated heterocycles. The Hall–Kier alpha value is -1.71. The number of ether oxygens (including phenoxy) is 1. The summed E-state index contributed by atoms with van der Waals surface area (Å²) in [7, 11) is 0. The second-order valence-electron chi connectivity index (χ2n) is 6.08. The van der Waals surface area contributed by atoms with Crippen LogP contribution in [0.25, 0.3) is 0 Å². The molecule has 0 saturated carbocycles. The van der Waals surface area contributed by atoms with Crippen molar-refractivity contribution in [2.24, 2.45) is 0 Å². The molecular weight excluding hydrogens is 240 g/mol. The molecule has 104 valence electrons. The Labute approximate surface area is 114 Å². The van der Waals surface area contributed by atoms with Gasteiger partial charge in [-0.05, 0) is 44.9 Å². The quantitative estimate of drug-likeness (QED) is 0.791. The third-order valence-corrected chi connectivity index (χ3v) is 3.25. The van der Waals surface area contributed by atoms with Crippen molar-refractivity contribution in [2.75, 3.05) is 18.8 Å². The van der Waals surface area contributed by atoms with E-state index in [1.807, 2.05) is 45.0 Å². The number of nitrogens with two attached hydrogens (primary N) is 1. The van der Waals surface area contributed by atoms with Crippen LogP contribution in [0.4, 0.5) is 10.5 Å². The SMILES string of the molecule is CC(C)(C)OC(=O)N1CC[C@H](c2ccc(N)cc2)C1. The molecule has 1 aliphatic rings. The highest BCUT2D eigenvalue weighted by Gasteiger charge is 2.30. The second-order valence-corrected chi connectivity index (χ2v) is 6.08. The lowest BCUT2D eigenvalue weighted by Gasteiger charge is -2.24. The zero-order valence-electron chi connectivity index (χ0n) is 11.8. The minimum Gasteiger partial charge on any atom is -0.444 e. The number of hydrogen-bond donors (Lipinski definition) is 1. The lowest BCUT2D eigenvalue weighted by Crippen LogP contribution is -2.35. The zero-order chi connectivity index (χ0) is 14.0. The first kappa shape index (κ1) is 13.7. The van der Waals surface area contributed by atoms with Crippen LogP contribution >= 0.6 is 0 Å². The number of carbonyl (C=O) groups is 1. The van der Waals surface area contributed by atoms with Gasteiger partial charge in [0, 0.05) is 24.7 Å². The highest BCUT2D eigenvalue weighted by Crippen LogP contribution is 2.28. The Morgan fingerprint density at radius 3 is 2.53 bits per heavy atom. The van der Waals surface area contributed by atoms with Gasteiger partial charge in [0.2, 0.25) is 0 Å². The van der Waals surface area contributed by atoms with E-state index in [1.165, 1.54) is 5.56 Å². The van der Waals surface area contributed by atoms with E-state index in [1.54, 1.807) is 4.90 Å². The fourth-order valence-corrected chi connectivity index (χ4v) is 2.29. The van der Waals surface area contributed by atoms with Gasteiger partial charge in [0.25, 0.3) is 0 Å². The number of nitrogen functional groups attached to an aromatic ring is 1. The molecule has 1 aliphatic heterocycles. The van der Waals surface area contributed by atoms with Crippen molar-refractivity contribution in [3.63, 3.8) is 0 Å². The number of benzene rings is 1. The van der Waals surface area contributed by atoms with Gasteiger partial charge in [0.15, 0.2) is 0 Å². The molecule has 1 atom stereocenters. The normalized spacial score (nSPS) is 19.5. The summed E-state index contributed by atoms with van der Waals surface area (Å²) in [5.41, 5.74) is 7.26. The number of hydrogen-bond acceptors (Lipinski definition) is 3. The molecule has 0 bridgehead atoms. The van der Waals surface area contributed by atoms with Gasteiger partial charge < -0.3 is 15.4 Å². The van der Waals surface area contributed by atoms with E-state index in [4.69, 9.17) is 10.5 Å². The van der Waals surface area contributed by atoms with Gasteiger partial charge in [-0.1, -0.05) is 12.1 Å². The fourth-order valence-electron chi connectivity index (χ4n) is 2.29. The van der Waals surface area contributed by atoms with Crippen molar-refractivity contribution in [2.45, 2.75) is 38.7 Å². The molecule has 2 N–H and O–H groups in total. The molecule has 4 heteroatoms. The van der Waals surface area contributed by atoms with Gasteiger partial charge in [0.1, 0.15) is 5.60 Å². The first-order valence-electron chi connectivity index (χ1n) is 6.68. The number of amides is 1. The Morgan fingerprint density at radius 1 is 1.32 bits per heavy atom. The van der Waals surface area contributed by atoms with Crippen molar-refractivity contribution in [3.8, 4) is 0 Å². The first-order valence-corrected chi connectivity index (χ1v) is 6.68. The van der Waals surface area contributed by atoms with Crippen molar-refractivity contribution in [1.82, 2.24) is 4.90 Å². The number of nitrogens with zero attached hydrogens (tertiary/aromatic N) is 1. The predicted octanol–water partition coefficient (Wildman–Crippen LogP) is 2.99. The van der Waals surface area contributed by atoms with E-state index in [2.05, 4.69) is 0 Å². The minimum atomic E-state index is -0.434. The maximum absolute atomic E-state index is 12.0. The minimum absolute atomic E-state index is 0.217. The second kappa shape index (κ2) is 5.11. The van der Waals surface area contributed by atoms with E-state index in [-0.39, 0.29) is 6.09 Å². The topological polar surface area (TPSA) is 55.6 Å². The molecule has 1 aromatic carbocycles. The molecular formula is C15H22N2O2. The lowest BCUT2D eigenvalue weighted by atomic mass is 9.98. The highest BCUT2D eigenvalue weighted by molar-refractivity contribution is 5.68. The average molecular weight is 262 g/mol. The fraction of sp³-hybridized carbons (Fsp3) is 0.533. The third kappa shape index (κ3) is 3.63. The van der Waals surface area contributed by atoms with Gasteiger partial charge in [-0.2, -0.15) is 0 Å². The number of anilines is 1. The lowest BCUT2D eigenvalue weighted by molar-refractivity contribution is 0.0292. The van der Waals surface area contributed by atoms with Crippen LogP contribution in [0.1, 0.15) is 38.7 Å². The number of likely N-dealkylation sites (tertiary alicyclic amines) is 1. The average Bonchev–Trinajstić information content (AvgIpc) is 2.77. The molecule has 1 aromatic rings. The van der Waals surface area contributed by atoms with E-state index in [0.29, 0.717) is 5.92 Å². The summed E-state index contributed by atoms with van der Waals surface area (Å²) in [6, 6.07) is 7.90. The van der Waals surface area contributed by atoms with Crippen LogP contribution in [-0.4, -0.2) is 29.7 Å². The molecule has 1 heterocycles. The Bertz CT molecular complexity index is 448. The van der Waals surface area contributed by atoms with E-state index in [0.717, 1.165) is 25.2 Å². The Balaban J connectivity index is 1.96. The standard InChI is InChI=1S/C15H22N2O2/c1-15(2,3)19-14(18)17-9-8-12(10-17)11-4-6-13(16)7-5-11/h4-7,12H,8-10,16H2,1-3H3/t12-/m0/s1. The maximum Gasteiger partial charge on any atom is 0.410 e. The van der Waals surface area contributed by atoms with Gasteiger partial charge >= 0.3 is 6.09 Å². The summed E-state index contributed by atoms with van der Waals surface area (Å²) >= 11 is 0. The van der Waals surface area contributed by atoms with Crippen molar-refractivity contribution in [3.05, 3.63) is 29.8 Å². The summed E-state index contributed by atoms with van der Waals surface area (Å²) in [6.45, 7) is 7.14. The van der Waals surface area contributed by atoms with E-state index >= 15 is 0 Å². The molecule has 2 rings (SSSR count). The Morgan fingerprint density at radius 2 is 1.95 bits per heavy atom. The van der Waals surface area contributed by atoms with Crippen molar-refractivity contribution >= 4 is 11.8 Å². The van der Waals surface area contributed by atoms with Crippen LogP contribution in [0.2, 0.25) is 0 Å². The van der Waals surface area contributed by atoms with Crippen LogP contribution in [0, 0.1) is 0 Å². The summed E-state index contributed by atoms with van der Waals surface area (Å²) in [5, 5.41) is 0. The summed E-state index contributed by atoms with van der Waals surface area (Å²) < 4.78 is 5.39. The van der Waals surface area contributed by atoms with Gasteiger partial charge in [-0.25, -0.2) is 4.79 Å². The largest absolute Gasteiger partial charge is 0.444 e. The molecule has 0 unspecified atom stereocenters. The molecule has 1 amide bonds. The molecule has 1 fully saturated rings. The molecule has 0 aliphatic carbocycles. The summed E-state index contributed by atoms with van der Waals surface area (Å²) in [4.78, 5) is 13.8. The summed E-state index contributed by atoms with van der Waals surface area (Å²) in [5.74, 6) is 0.383. The highest BCUT2D eigenvalue weighted by atomic mass is 16.6. The molecule has 0 spiro atoms. The molecule has 0 radical (unpaired) electrons. The van der Waals surface area contributed by atoms with Gasteiger partial charge in [-0.3, -0.25) is 0 Å². The zero-order valence-corrected chi connectivity index (χ0v) is 11.8. The van der Waals surface area contributed by atoms with Crippen LogP contribution in [0.5, 0.6) is 0 Å². The van der Waals surface area contributed by atoms with Gasteiger partial charge in [-0.15, -0.1) is 0 Å². The smallest absolute Gasteiger partial charge is 0.410 e. The van der Waals surface area contributed by atoms with Crippen molar-refractivity contribution in [1.29, 1.82) is 0 Å². The van der Waals surface area contributed by atoms with Gasteiger partial charge in [0.05, 0.1) is 0 Å². The summed E-state index contributed by atoms with van der Waals surface area (Å²) in [6.07, 6.45) is 0.758. The van der Waals surface area contributed by atoms with Crippen LogP contribution in [0.3, 0.4) is 0 Å². The maximum atomic E-state index is 12.0. The van der Waals surface area contributed by atoms with Crippen LogP contribution in [-0.2, 0) is 4.74 Å². The monoisotopic (exact) mass is 262 g/mol. The molecule has 4 nitrogen and oxygen atoms in total. The van der Waals surface area contributed by atoms with E-state index in [9.17, 15) is 4.79 Å². The first-order chi connectivity index (χ1) is 8.85. The van der Waals surface area contributed by atoms with Crippen LogP contribution in [0.15, 0.2) is 24.3 Å². The predicted molar refractivity (Wildman–Crippen MR) is 76.0 cm³/mol.